The van der Waals surface area contributed by atoms with Crippen molar-refractivity contribution in [2.75, 3.05) is 37.2 Å². The summed E-state index contributed by atoms with van der Waals surface area (Å²) in [7, 11) is 0. The van der Waals surface area contributed by atoms with E-state index in [2.05, 4.69) is 29.0 Å². The van der Waals surface area contributed by atoms with Crippen LogP contribution in [0.2, 0.25) is 0 Å². The minimum absolute atomic E-state index is 0.702. The second-order valence-corrected chi connectivity index (χ2v) is 3.78. The Morgan fingerprint density at radius 2 is 2.06 bits per heavy atom. The number of anilines is 2. The number of hydrogen-bond acceptors (Lipinski definition) is 4. The smallest absolute Gasteiger partial charge is 0.126 e. The predicted octanol–water partition coefficient (Wildman–Crippen LogP) is 1.81. The Kier molecular flexibility index (Phi) is 5.64. The molecule has 0 unspecified atom stereocenters. The highest BCUT2D eigenvalue weighted by molar-refractivity contribution is 5.43. The van der Waals surface area contributed by atoms with Gasteiger partial charge in [-0.2, -0.15) is 0 Å². The highest BCUT2D eigenvalue weighted by Crippen LogP contribution is 2.05. The number of nitrogens with one attached hydrogen (secondary N) is 1. The van der Waals surface area contributed by atoms with E-state index in [1.54, 1.807) is 6.20 Å². The number of rotatable bonds is 7. The topological polar surface area (TPSA) is 54.2 Å². The summed E-state index contributed by atoms with van der Waals surface area (Å²) in [6.45, 7) is 8.71. The van der Waals surface area contributed by atoms with Crippen LogP contribution in [-0.4, -0.2) is 36.1 Å². The van der Waals surface area contributed by atoms with Gasteiger partial charge in [0.15, 0.2) is 0 Å². The normalized spacial score (nSPS) is 10.7. The molecule has 1 heterocycles. The van der Waals surface area contributed by atoms with Gasteiger partial charge in [0, 0.05) is 6.54 Å². The molecule has 90 valence electrons. The third-order valence-corrected chi connectivity index (χ3v) is 2.64. The molecule has 1 rings (SSSR count). The first-order valence-corrected chi connectivity index (χ1v) is 5.94. The van der Waals surface area contributed by atoms with Gasteiger partial charge in [0.25, 0.3) is 0 Å². The third-order valence-electron chi connectivity index (χ3n) is 2.64. The van der Waals surface area contributed by atoms with E-state index < -0.39 is 0 Å². The van der Waals surface area contributed by atoms with Gasteiger partial charge in [-0.3, -0.25) is 0 Å². The van der Waals surface area contributed by atoms with Crippen LogP contribution >= 0.6 is 0 Å². The van der Waals surface area contributed by atoms with Gasteiger partial charge < -0.3 is 16.0 Å². The highest BCUT2D eigenvalue weighted by atomic mass is 15.1. The van der Waals surface area contributed by atoms with Gasteiger partial charge in [0.2, 0.25) is 0 Å². The van der Waals surface area contributed by atoms with E-state index in [1.165, 1.54) is 0 Å². The molecule has 1 aromatic heterocycles. The molecule has 0 aliphatic carbocycles. The monoisotopic (exact) mass is 222 g/mol. The SMILES string of the molecule is CCN(CC)CCCNc1ccc(N)cn1. The zero-order chi connectivity index (χ0) is 11.8. The average molecular weight is 222 g/mol. The summed E-state index contributed by atoms with van der Waals surface area (Å²) in [5, 5.41) is 3.28. The molecular formula is C12H22N4. The zero-order valence-corrected chi connectivity index (χ0v) is 10.2. The summed E-state index contributed by atoms with van der Waals surface area (Å²) in [5.74, 6) is 0.897. The van der Waals surface area contributed by atoms with Gasteiger partial charge in [-0.15, -0.1) is 0 Å². The van der Waals surface area contributed by atoms with E-state index in [9.17, 15) is 0 Å². The first kappa shape index (κ1) is 12.8. The molecule has 0 bridgehead atoms. The Labute approximate surface area is 97.9 Å². The maximum absolute atomic E-state index is 5.56. The van der Waals surface area contributed by atoms with E-state index in [0.29, 0.717) is 5.69 Å². The molecule has 4 nitrogen and oxygen atoms in total. The summed E-state index contributed by atoms with van der Waals surface area (Å²) in [6, 6.07) is 3.77. The minimum Gasteiger partial charge on any atom is -0.397 e. The quantitative estimate of drug-likeness (QED) is 0.691. The molecule has 0 aromatic carbocycles. The summed E-state index contributed by atoms with van der Waals surface area (Å²) >= 11 is 0. The molecule has 3 N–H and O–H groups in total. The van der Waals surface area contributed by atoms with Crippen molar-refractivity contribution in [2.24, 2.45) is 0 Å². The zero-order valence-electron chi connectivity index (χ0n) is 10.2. The molecule has 0 saturated carbocycles. The van der Waals surface area contributed by atoms with Crippen LogP contribution in [0.3, 0.4) is 0 Å². The van der Waals surface area contributed by atoms with Crippen molar-refractivity contribution in [3.05, 3.63) is 18.3 Å². The van der Waals surface area contributed by atoms with Crippen molar-refractivity contribution in [1.29, 1.82) is 0 Å². The Balaban J connectivity index is 2.18. The van der Waals surface area contributed by atoms with Gasteiger partial charge in [-0.25, -0.2) is 4.98 Å². The van der Waals surface area contributed by atoms with Crippen molar-refractivity contribution in [2.45, 2.75) is 20.3 Å². The molecule has 0 saturated heterocycles. The fourth-order valence-corrected chi connectivity index (χ4v) is 1.57. The lowest BCUT2D eigenvalue weighted by Gasteiger charge is -2.17. The minimum atomic E-state index is 0.702. The fourth-order valence-electron chi connectivity index (χ4n) is 1.57. The van der Waals surface area contributed by atoms with Crippen molar-refractivity contribution >= 4 is 11.5 Å². The van der Waals surface area contributed by atoms with E-state index in [1.807, 2.05) is 12.1 Å². The molecule has 0 aliphatic rings. The van der Waals surface area contributed by atoms with E-state index in [4.69, 9.17) is 5.73 Å². The summed E-state index contributed by atoms with van der Waals surface area (Å²) in [4.78, 5) is 6.60. The molecule has 16 heavy (non-hydrogen) atoms. The standard InChI is InChI=1S/C12H22N4/c1-3-16(4-2)9-5-8-14-12-7-6-11(13)10-15-12/h6-7,10H,3-5,8-9,13H2,1-2H3,(H,14,15). The van der Waals surface area contributed by atoms with Crippen LogP contribution in [0.15, 0.2) is 18.3 Å². The van der Waals surface area contributed by atoms with Crippen LogP contribution in [0.4, 0.5) is 11.5 Å². The second-order valence-electron chi connectivity index (χ2n) is 3.78. The molecule has 0 amide bonds. The molecule has 0 atom stereocenters. The Hall–Kier alpha value is -1.29. The van der Waals surface area contributed by atoms with Gasteiger partial charge in [0.05, 0.1) is 11.9 Å². The largest absolute Gasteiger partial charge is 0.397 e. The van der Waals surface area contributed by atoms with Crippen molar-refractivity contribution in [3.8, 4) is 0 Å². The third kappa shape index (κ3) is 4.49. The van der Waals surface area contributed by atoms with Crippen molar-refractivity contribution < 1.29 is 0 Å². The average Bonchev–Trinajstić information content (AvgIpc) is 2.32. The molecule has 1 aromatic rings. The van der Waals surface area contributed by atoms with Gasteiger partial charge in [0.1, 0.15) is 5.82 Å². The Morgan fingerprint density at radius 3 is 2.62 bits per heavy atom. The number of hydrogen-bond donors (Lipinski definition) is 2. The molecule has 0 fully saturated rings. The van der Waals surface area contributed by atoms with Gasteiger partial charge in [-0.05, 0) is 38.2 Å². The summed E-state index contributed by atoms with van der Waals surface area (Å²) < 4.78 is 0. The van der Waals surface area contributed by atoms with Crippen molar-refractivity contribution in [3.63, 3.8) is 0 Å². The first-order valence-electron chi connectivity index (χ1n) is 5.94. The number of nitrogens with two attached hydrogens (primary N) is 1. The Morgan fingerprint density at radius 1 is 1.31 bits per heavy atom. The van der Waals surface area contributed by atoms with Crippen LogP contribution in [0, 0.1) is 0 Å². The lowest BCUT2D eigenvalue weighted by atomic mass is 10.3. The maximum Gasteiger partial charge on any atom is 0.126 e. The fraction of sp³-hybridized carbons (Fsp3) is 0.583. The molecule has 0 spiro atoms. The highest BCUT2D eigenvalue weighted by Gasteiger charge is 1.98. The lowest BCUT2D eigenvalue weighted by Crippen LogP contribution is -2.25. The van der Waals surface area contributed by atoms with Crippen LogP contribution in [-0.2, 0) is 0 Å². The van der Waals surface area contributed by atoms with Crippen LogP contribution < -0.4 is 11.1 Å². The van der Waals surface area contributed by atoms with Crippen LogP contribution in [0.25, 0.3) is 0 Å². The van der Waals surface area contributed by atoms with E-state index in [-0.39, 0.29) is 0 Å². The summed E-state index contributed by atoms with van der Waals surface area (Å²) in [5.41, 5.74) is 6.26. The van der Waals surface area contributed by atoms with Crippen LogP contribution in [0.5, 0.6) is 0 Å². The first-order chi connectivity index (χ1) is 7.76. The number of aromatic nitrogens is 1. The Bertz CT molecular complexity index is 280. The molecular weight excluding hydrogens is 200 g/mol. The van der Waals surface area contributed by atoms with Crippen LogP contribution in [0.1, 0.15) is 20.3 Å². The van der Waals surface area contributed by atoms with Crippen molar-refractivity contribution in [1.82, 2.24) is 9.88 Å². The molecule has 0 aliphatic heterocycles. The number of pyridine rings is 1. The van der Waals surface area contributed by atoms with Gasteiger partial charge >= 0.3 is 0 Å². The maximum atomic E-state index is 5.56. The second kappa shape index (κ2) is 7.06. The van der Waals surface area contributed by atoms with E-state index in [0.717, 1.165) is 38.4 Å². The van der Waals surface area contributed by atoms with E-state index >= 15 is 0 Å². The number of nitrogens with zero attached hydrogens (tertiary/aromatic N) is 2. The number of nitrogen functional groups attached to an aromatic ring is 1. The molecule has 4 heteroatoms. The molecule has 0 radical (unpaired) electrons. The predicted molar refractivity (Wildman–Crippen MR) is 69.5 cm³/mol. The lowest BCUT2D eigenvalue weighted by molar-refractivity contribution is 0.303. The summed E-state index contributed by atoms with van der Waals surface area (Å²) in [6.07, 6.45) is 2.81. The van der Waals surface area contributed by atoms with Gasteiger partial charge in [-0.1, -0.05) is 13.8 Å².